The Morgan fingerprint density at radius 2 is 0.774 bits per heavy atom. The highest BCUT2D eigenvalue weighted by molar-refractivity contribution is 5.76. The van der Waals surface area contributed by atoms with E-state index < -0.39 is 0 Å². The Morgan fingerprint density at radius 1 is 0.415 bits per heavy atom. The van der Waals surface area contributed by atoms with Gasteiger partial charge in [0.25, 0.3) is 0 Å². The number of ether oxygens (including phenoxy) is 1. The van der Waals surface area contributed by atoms with Gasteiger partial charge in [0.1, 0.15) is 6.10 Å². The van der Waals surface area contributed by atoms with Crippen LogP contribution in [0.1, 0.15) is 259 Å². The van der Waals surface area contributed by atoms with Crippen molar-refractivity contribution in [1.29, 1.82) is 0 Å². The first-order valence-electron chi connectivity index (χ1n) is 24.0. The number of hydrogen-bond acceptors (Lipinski definition) is 4. The van der Waals surface area contributed by atoms with Gasteiger partial charge in [-0.15, -0.1) is 0 Å². The van der Waals surface area contributed by atoms with Crippen LogP contribution in [-0.2, 0) is 14.3 Å². The molecule has 0 radical (unpaired) electrons. The van der Waals surface area contributed by atoms with Crippen molar-refractivity contribution >= 4 is 11.9 Å². The van der Waals surface area contributed by atoms with Gasteiger partial charge in [0, 0.05) is 25.4 Å². The molecular weight excluding hydrogens is 653 g/mol. The monoisotopic (exact) mass is 749 g/mol. The Bertz CT molecular complexity index is 756. The molecule has 1 unspecified atom stereocenters. The summed E-state index contributed by atoms with van der Waals surface area (Å²) >= 11 is 0. The molecule has 0 N–H and O–H groups in total. The molecular formula is C48H96N2O3. The molecule has 0 heterocycles. The molecule has 53 heavy (non-hydrogen) atoms. The third-order valence-electron chi connectivity index (χ3n) is 11.4. The SMILES string of the molecule is CCCCCCCCCCC(CCCCCCC(=O)OC(CCCCCCCC)CCCCCCCC)N(CCCN(C)C)C(=O)CCCCCCC. The van der Waals surface area contributed by atoms with E-state index in [1.54, 1.807) is 0 Å². The number of hydrogen-bond donors (Lipinski definition) is 0. The van der Waals surface area contributed by atoms with Gasteiger partial charge in [-0.2, -0.15) is 0 Å². The van der Waals surface area contributed by atoms with Crippen molar-refractivity contribution in [2.75, 3.05) is 27.2 Å². The fourth-order valence-electron chi connectivity index (χ4n) is 7.88. The van der Waals surface area contributed by atoms with Crippen LogP contribution in [0.5, 0.6) is 0 Å². The molecule has 5 nitrogen and oxygen atoms in total. The normalized spacial score (nSPS) is 12.2. The van der Waals surface area contributed by atoms with Crippen LogP contribution in [-0.4, -0.2) is 61.0 Å². The smallest absolute Gasteiger partial charge is 0.306 e. The largest absolute Gasteiger partial charge is 0.462 e. The maximum Gasteiger partial charge on any atom is 0.306 e. The van der Waals surface area contributed by atoms with Crippen LogP contribution < -0.4 is 0 Å². The van der Waals surface area contributed by atoms with Gasteiger partial charge in [0.2, 0.25) is 5.91 Å². The quantitative estimate of drug-likeness (QED) is 0.0461. The zero-order valence-corrected chi connectivity index (χ0v) is 37.1. The molecule has 0 aromatic carbocycles. The molecule has 0 saturated heterocycles. The fraction of sp³-hybridized carbons (Fsp3) is 0.958. The summed E-state index contributed by atoms with van der Waals surface area (Å²) in [6.07, 6.45) is 43.1. The molecule has 0 bridgehead atoms. The maximum atomic E-state index is 13.7. The number of nitrogens with zero attached hydrogens (tertiary/aromatic N) is 2. The van der Waals surface area contributed by atoms with Gasteiger partial charge in [-0.05, 0) is 78.4 Å². The molecule has 5 heteroatoms. The van der Waals surface area contributed by atoms with E-state index >= 15 is 0 Å². The molecule has 0 aromatic rings. The van der Waals surface area contributed by atoms with Crippen LogP contribution in [0.3, 0.4) is 0 Å². The first-order chi connectivity index (χ1) is 25.9. The number of carbonyl (C=O) groups is 2. The number of carbonyl (C=O) groups excluding carboxylic acids is 2. The zero-order chi connectivity index (χ0) is 39.0. The molecule has 1 atom stereocenters. The van der Waals surface area contributed by atoms with Gasteiger partial charge in [0.15, 0.2) is 0 Å². The maximum absolute atomic E-state index is 13.7. The summed E-state index contributed by atoms with van der Waals surface area (Å²) in [7, 11) is 4.28. The number of esters is 1. The first kappa shape index (κ1) is 51.9. The molecule has 0 aliphatic carbocycles. The van der Waals surface area contributed by atoms with Crippen LogP contribution in [0.15, 0.2) is 0 Å². The average Bonchev–Trinajstić information content (AvgIpc) is 3.14. The summed E-state index contributed by atoms with van der Waals surface area (Å²) in [6, 6.07) is 0.357. The fourth-order valence-corrected chi connectivity index (χ4v) is 7.88. The summed E-state index contributed by atoms with van der Waals surface area (Å²) in [5, 5.41) is 0. The van der Waals surface area contributed by atoms with E-state index in [1.165, 1.54) is 154 Å². The second-order valence-electron chi connectivity index (χ2n) is 17.0. The Balaban J connectivity index is 5.02. The van der Waals surface area contributed by atoms with Gasteiger partial charge >= 0.3 is 5.97 Å². The van der Waals surface area contributed by atoms with E-state index in [2.05, 4.69) is 51.6 Å². The molecule has 0 rings (SSSR count). The molecule has 0 fully saturated rings. The molecule has 316 valence electrons. The van der Waals surface area contributed by atoms with Gasteiger partial charge in [-0.1, -0.05) is 188 Å². The number of unbranched alkanes of at least 4 members (excludes halogenated alkanes) is 24. The lowest BCUT2D eigenvalue weighted by molar-refractivity contribution is -0.150. The van der Waals surface area contributed by atoms with E-state index in [-0.39, 0.29) is 12.1 Å². The second-order valence-corrected chi connectivity index (χ2v) is 17.0. The minimum Gasteiger partial charge on any atom is -0.462 e. The lowest BCUT2D eigenvalue weighted by atomic mass is 9.97. The summed E-state index contributed by atoms with van der Waals surface area (Å²) < 4.78 is 6.12. The minimum absolute atomic E-state index is 0.0242. The van der Waals surface area contributed by atoms with Crippen molar-refractivity contribution in [1.82, 2.24) is 9.80 Å². The van der Waals surface area contributed by atoms with Gasteiger partial charge in [-0.25, -0.2) is 0 Å². The van der Waals surface area contributed by atoms with Crippen LogP contribution in [0.4, 0.5) is 0 Å². The Hall–Kier alpha value is -1.10. The topological polar surface area (TPSA) is 49.9 Å². The third-order valence-corrected chi connectivity index (χ3v) is 11.4. The van der Waals surface area contributed by atoms with E-state index in [9.17, 15) is 9.59 Å². The van der Waals surface area contributed by atoms with Crippen LogP contribution in [0.2, 0.25) is 0 Å². The Kier molecular flexibility index (Phi) is 39.7. The standard InChI is InChI=1S/C48H96N2O3/c1-7-11-15-19-22-23-25-30-37-45(50(44-36-43-49(5)6)47(51)41-34-24-18-14-10-4)38-31-28-29-35-42-48(52)53-46(39-32-26-20-16-12-8-2)40-33-27-21-17-13-9-3/h45-46H,7-44H2,1-6H3. The Morgan fingerprint density at radius 3 is 1.19 bits per heavy atom. The van der Waals surface area contributed by atoms with E-state index in [0.717, 1.165) is 77.3 Å². The summed E-state index contributed by atoms with van der Waals surface area (Å²) in [5.74, 6) is 0.417. The molecule has 0 saturated carbocycles. The minimum atomic E-state index is 0.0242. The number of rotatable bonds is 42. The van der Waals surface area contributed by atoms with Crippen molar-refractivity contribution in [2.45, 2.75) is 271 Å². The van der Waals surface area contributed by atoms with E-state index in [4.69, 9.17) is 4.74 Å². The highest BCUT2D eigenvalue weighted by Crippen LogP contribution is 2.22. The van der Waals surface area contributed by atoms with Crippen LogP contribution >= 0.6 is 0 Å². The molecule has 0 aliphatic rings. The van der Waals surface area contributed by atoms with Crippen molar-refractivity contribution in [2.24, 2.45) is 0 Å². The summed E-state index contributed by atoms with van der Waals surface area (Å²) in [6.45, 7) is 11.0. The third kappa shape index (κ3) is 35.1. The molecule has 0 aliphatic heterocycles. The predicted octanol–water partition coefficient (Wildman–Crippen LogP) is 14.8. The van der Waals surface area contributed by atoms with Crippen LogP contribution in [0.25, 0.3) is 0 Å². The van der Waals surface area contributed by atoms with Crippen molar-refractivity contribution in [3.05, 3.63) is 0 Å². The van der Waals surface area contributed by atoms with Crippen LogP contribution in [0, 0.1) is 0 Å². The van der Waals surface area contributed by atoms with E-state index in [1.807, 2.05) is 0 Å². The molecule has 0 spiro atoms. The molecule has 0 aromatic heterocycles. The average molecular weight is 749 g/mol. The lowest BCUT2D eigenvalue weighted by Gasteiger charge is -2.33. The summed E-state index contributed by atoms with van der Waals surface area (Å²) in [4.78, 5) is 31.3. The van der Waals surface area contributed by atoms with E-state index in [0.29, 0.717) is 24.8 Å². The summed E-state index contributed by atoms with van der Waals surface area (Å²) in [5.41, 5.74) is 0. The van der Waals surface area contributed by atoms with Crippen molar-refractivity contribution < 1.29 is 14.3 Å². The van der Waals surface area contributed by atoms with Gasteiger partial charge in [-0.3, -0.25) is 9.59 Å². The highest BCUT2D eigenvalue weighted by atomic mass is 16.5. The second kappa shape index (κ2) is 40.6. The Labute approximate surface area is 333 Å². The van der Waals surface area contributed by atoms with Crippen molar-refractivity contribution in [3.63, 3.8) is 0 Å². The highest BCUT2D eigenvalue weighted by Gasteiger charge is 2.23. The van der Waals surface area contributed by atoms with Crippen molar-refractivity contribution in [3.8, 4) is 0 Å². The zero-order valence-electron chi connectivity index (χ0n) is 37.1. The lowest BCUT2D eigenvalue weighted by Crippen LogP contribution is -2.41. The van der Waals surface area contributed by atoms with Gasteiger partial charge < -0.3 is 14.5 Å². The predicted molar refractivity (Wildman–Crippen MR) is 233 cm³/mol. The number of amides is 1. The molecule has 1 amide bonds. The first-order valence-corrected chi connectivity index (χ1v) is 24.0. The van der Waals surface area contributed by atoms with Gasteiger partial charge in [0.05, 0.1) is 0 Å².